The van der Waals surface area contributed by atoms with Gasteiger partial charge in [-0.3, -0.25) is 14.9 Å². The first-order valence-electron chi connectivity index (χ1n) is 8.27. The summed E-state index contributed by atoms with van der Waals surface area (Å²) >= 11 is 0. The van der Waals surface area contributed by atoms with Gasteiger partial charge < -0.3 is 5.32 Å². The summed E-state index contributed by atoms with van der Waals surface area (Å²) in [7, 11) is 1.43. The average Bonchev–Trinajstić information content (AvgIpc) is 3.16. The van der Waals surface area contributed by atoms with E-state index in [0.717, 1.165) is 5.69 Å². The molecule has 2 aromatic carbocycles. The van der Waals surface area contributed by atoms with Crippen molar-refractivity contribution in [2.75, 3.05) is 7.05 Å². The Hall–Kier alpha value is -4.25. The zero-order valence-corrected chi connectivity index (χ0v) is 14.9. The summed E-state index contributed by atoms with van der Waals surface area (Å²) in [5, 5.41) is 27.4. The minimum atomic E-state index is -0.528. The third-order valence-electron chi connectivity index (χ3n) is 3.99. The van der Waals surface area contributed by atoms with Crippen molar-refractivity contribution in [2.45, 2.75) is 0 Å². The minimum absolute atomic E-state index is 0.0755. The van der Waals surface area contributed by atoms with E-state index in [1.807, 2.05) is 36.4 Å². The quantitative estimate of drug-likeness (QED) is 0.319. The maximum Gasteiger partial charge on any atom is 0.270 e. The Morgan fingerprint density at radius 3 is 2.64 bits per heavy atom. The SMILES string of the molecule is CNC(=O)/C(C#N)=C/c1cn(-c2ccccc2)nc1-c1cccc([N+](=O)[O-])c1. The monoisotopic (exact) mass is 373 g/mol. The molecule has 0 aliphatic heterocycles. The van der Waals surface area contributed by atoms with Crippen LogP contribution < -0.4 is 5.32 Å². The van der Waals surface area contributed by atoms with Crippen LogP contribution in [-0.2, 0) is 4.79 Å². The number of carbonyl (C=O) groups excluding carboxylic acids is 1. The molecule has 0 spiro atoms. The van der Waals surface area contributed by atoms with E-state index in [4.69, 9.17) is 0 Å². The summed E-state index contributed by atoms with van der Waals surface area (Å²) in [4.78, 5) is 22.5. The summed E-state index contributed by atoms with van der Waals surface area (Å²) in [5.74, 6) is -0.528. The molecule has 1 heterocycles. The maximum absolute atomic E-state index is 11.9. The number of amides is 1. The Morgan fingerprint density at radius 1 is 1.25 bits per heavy atom. The maximum atomic E-state index is 11.9. The van der Waals surface area contributed by atoms with Crippen LogP contribution in [0.1, 0.15) is 5.56 Å². The molecule has 3 aromatic rings. The van der Waals surface area contributed by atoms with Gasteiger partial charge in [-0.15, -0.1) is 0 Å². The molecule has 0 radical (unpaired) electrons. The minimum Gasteiger partial charge on any atom is -0.354 e. The molecule has 3 rings (SSSR count). The van der Waals surface area contributed by atoms with Crippen molar-refractivity contribution < 1.29 is 9.72 Å². The zero-order chi connectivity index (χ0) is 20.1. The Labute approximate surface area is 160 Å². The van der Waals surface area contributed by atoms with Gasteiger partial charge in [0.1, 0.15) is 17.3 Å². The van der Waals surface area contributed by atoms with Gasteiger partial charge in [0.25, 0.3) is 11.6 Å². The number of aromatic nitrogens is 2. The lowest BCUT2D eigenvalue weighted by Crippen LogP contribution is -2.19. The molecule has 28 heavy (non-hydrogen) atoms. The van der Waals surface area contributed by atoms with Crippen molar-refractivity contribution in [3.05, 3.63) is 82.0 Å². The summed E-state index contributed by atoms with van der Waals surface area (Å²) in [6.07, 6.45) is 3.09. The largest absolute Gasteiger partial charge is 0.354 e. The van der Waals surface area contributed by atoms with Gasteiger partial charge in [-0.05, 0) is 18.2 Å². The van der Waals surface area contributed by atoms with E-state index in [0.29, 0.717) is 16.8 Å². The van der Waals surface area contributed by atoms with E-state index in [9.17, 15) is 20.2 Å². The van der Waals surface area contributed by atoms with Crippen LogP contribution in [0.5, 0.6) is 0 Å². The fourth-order valence-electron chi connectivity index (χ4n) is 2.64. The summed E-state index contributed by atoms with van der Waals surface area (Å²) in [6.45, 7) is 0. The molecule has 138 valence electrons. The summed E-state index contributed by atoms with van der Waals surface area (Å²) in [5.41, 5.74) is 2.01. The van der Waals surface area contributed by atoms with Gasteiger partial charge in [0.05, 0.1) is 10.6 Å². The smallest absolute Gasteiger partial charge is 0.270 e. The van der Waals surface area contributed by atoms with E-state index in [1.54, 1.807) is 23.0 Å². The molecular formula is C20H15N5O3. The van der Waals surface area contributed by atoms with Gasteiger partial charge in [-0.25, -0.2) is 4.68 Å². The van der Waals surface area contributed by atoms with Crippen LogP contribution >= 0.6 is 0 Å². The number of benzene rings is 2. The lowest BCUT2D eigenvalue weighted by Gasteiger charge is -2.01. The second kappa shape index (κ2) is 7.97. The number of nitrogens with one attached hydrogen (secondary N) is 1. The molecule has 0 fully saturated rings. The van der Waals surface area contributed by atoms with Crippen molar-refractivity contribution in [2.24, 2.45) is 0 Å². The van der Waals surface area contributed by atoms with Gasteiger partial charge in [0, 0.05) is 36.5 Å². The Kier molecular flexibility index (Phi) is 5.28. The highest BCUT2D eigenvalue weighted by molar-refractivity contribution is 6.02. The van der Waals surface area contributed by atoms with E-state index in [2.05, 4.69) is 10.4 Å². The number of nitro benzene ring substituents is 1. The number of non-ortho nitro benzene ring substituents is 1. The van der Waals surface area contributed by atoms with Crippen LogP contribution in [0.2, 0.25) is 0 Å². The number of hydrogen-bond donors (Lipinski definition) is 1. The first-order chi connectivity index (χ1) is 13.5. The van der Waals surface area contributed by atoms with E-state index >= 15 is 0 Å². The molecular weight excluding hydrogens is 358 g/mol. The molecule has 1 N–H and O–H groups in total. The van der Waals surface area contributed by atoms with E-state index in [-0.39, 0.29) is 11.3 Å². The molecule has 0 saturated carbocycles. The van der Waals surface area contributed by atoms with Gasteiger partial charge in [0.2, 0.25) is 0 Å². The van der Waals surface area contributed by atoms with Gasteiger partial charge in [-0.1, -0.05) is 30.3 Å². The fourth-order valence-corrected chi connectivity index (χ4v) is 2.64. The highest BCUT2D eigenvalue weighted by atomic mass is 16.6. The number of nitrogens with zero attached hydrogens (tertiary/aromatic N) is 4. The Bertz CT molecular complexity index is 1110. The number of likely N-dealkylation sites (N-methyl/N-ethyl adjacent to an activating group) is 1. The van der Waals surface area contributed by atoms with Crippen LogP contribution in [0, 0.1) is 21.4 Å². The molecule has 0 unspecified atom stereocenters. The van der Waals surface area contributed by atoms with Crippen LogP contribution in [-0.4, -0.2) is 27.7 Å². The number of nitriles is 1. The second-order valence-corrected chi connectivity index (χ2v) is 5.77. The number of carbonyl (C=O) groups is 1. The predicted octanol–water partition coefficient (Wildman–Crippen LogP) is 3.10. The third-order valence-corrected chi connectivity index (χ3v) is 3.99. The van der Waals surface area contributed by atoms with Crippen LogP contribution in [0.4, 0.5) is 5.69 Å². The molecule has 0 atom stereocenters. The van der Waals surface area contributed by atoms with Crippen molar-refractivity contribution in [3.8, 4) is 23.0 Å². The molecule has 0 bridgehead atoms. The number of hydrogen-bond acceptors (Lipinski definition) is 5. The number of nitro groups is 1. The van der Waals surface area contributed by atoms with Gasteiger partial charge in [0.15, 0.2) is 0 Å². The lowest BCUT2D eigenvalue weighted by molar-refractivity contribution is -0.384. The molecule has 8 nitrogen and oxygen atoms in total. The fraction of sp³-hybridized carbons (Fsp3) is 0.0500. The van der Waals surface area contributed by atoms with Gasteiger partial charge in [-0.2, -0.15) is 10.4 Å². The topological polar surface area (TPSA) is 114 Å². The normalized spacial score (nSPS) is 10.9. The van der Waals surface area contributed by atoms with Crippen LogP contribution in [0.15, 0.2) is 66.4 Å². The highest BCUT2D eigenvalue weighted by Crippen LogP contribution is 2.28. The first-order valence-corrected chi connectivity index (χ1v) is 8.27. The standard InChI is InChI=1S/C20H15N5O3/c1-22-20(26)15(12-21)10-16-13-24(17-7-3-2-4-8-17)23-19(16)14-6-5-9-18(11-14)25(27)28/h2-11,13H,1H3,(H,22,26)/b15-10+. The van der Waals surface area contributed by atoms with Crippen molar-refractivity contribution in [1.29, 1.82) is 5.26 Å². The second-order valence-electron chi connectivity index (χ2n) is 5.77. The molecule has 8 heteroatoms. The predicted molar refractivity (Wildman–Crippen MR) is 103 cm³/mol. The summed E-state index contributed by atoms with van der Waals surface area (Å²) < 4.78 is 1.60. The molecule has 0 aliphatic rings. The number of rotatable bonds is 5. The first kappa shape index (κ1) is 18.5. The summed E-state index contributed by atoms with van der Waals surface area (Å²) in [6, 6.07) is 17.2. The molecule has 0 saturated heterocycles. The molecule has 1 aromatic heterocycles. The lowest BCUT2D eigenvalue weighted by atomic mass is 10.1. The van der Waals surface area contributed by atoms with Crippen molar-refractivity contribution in [3.63, 3.8) is 0 Å². The highest BCUT2D eigenvalue weighted by Gasteiger charge is 2.16. The van der Waals surface area contributed by atoms with E-state index in [1.165, 1.54) is 25.3 Å². The number of para-hydroxylation sites is 1. The van der Waals surface area contributed by atoms with Crippen LogP contribution in [0.25, 0.3) is 23.0 Å². The van der Waals surface area contributed by atoms with Crippen molar-refractivity contribution in [1.82, 2.24) is 15.1 Å². The average molecular weight is 373 g/mol. The zero-order valence-electron chi connectivity index (χ0n) is 14.9. The Balaban J connectivity index is 2.20. The van der Waals surface area contributed by atoms with E-state index < -0.39 is 10.8 Å². The Morgan fingerprint density at radius 2 is 2.00 bits per heavy atom. The third kappa shape index (κ3) is 3.78. The van der Waals surface area contributed by atoms with Crippen molar-refractivity contribution >= 4 is 17.7 Å². The molecule has 0 aliphatic carbocycles. The van der Waals surface area contributed by atoms with Gasteiger partial charge >= 0.3 is 0 Å². The molecule has 1 amide bonds. The van der Waals surface area contributed by atoms with Crippen LogP contribution in [0.3, 0.4) is 0 Å².